The van der Waals surface area contributed by atoms with Gasteiger partial charge in [-0.3, -0.25) is 25.7 Å². The number of nitro groups is 1. The molecule has 10 nitrogen and oxygen atoms in total. The maximum absolute atomic E-state index is 12.2. The maximum Gasteiger partial charge on any atom is 0.291 e. The first-order valence-corrected chi connectivity index (χ1v) is 6.96. The number of hydrogen-bond donors (Lipinski definition) is 3. The average Bonchev–Trinajstić information content (AvgIpc) is 2.47. The van der Waals surface area contributed by atoms with Crippen molar-refractivity contribution in [3.05, 3.63) is 46.9 Å². The standard InChI is InChI=1S/C10H10N6O4S/c11-14-7-1-2-9(8(5-7)16(17)18)21(19,20)15-10-6-12-3-4-13-10/h1-6,14H,11H2,(H,13,15). The monoisotopic (exact) mass is 310 g/mol. The van der Waals surface area contributed by atoms with Crippen LogP contribution in [-0.2, 0) is 10.0 Å². The molecule has 0 aliphatic heterocycles. The molecule has 2 rings (SSSR count). The van der Waals surface area contributed by atoms with Gasteiger partial charge in [0.05, 0.1) is 16.8 Å². The number of nitro benzene ring substituents is 1. The molecule has 0 saturated carbocycles. The Morgan fingerprint density at radius 2 is 2.05 bits per heavy atom. The summed E-state index contributed by atoms with van der Waals surface area (Å²) in [5.41, 5.74) is 1.81. The first kappa shape index (κ1) is 14.6. The predicted molar refractivity (Wildman–Crippen MR) is 73.7 cm³/mol. The zero-order valence-electron chi connectivity index (χ0n) is 10.4. The number of sulfonamides is 1. The molecule has 0 unspecified atom stereocenters. The smallest absolute Gasteiger partial charge is 0.291 e. The largest absolute Gasteiger partial charge is 0.324 e. The third kappa shape index (κ3) is 3.21. The molecule has 21 heavy (non-hydrogen) atoms. The fraction of sp³-hybridized carbons (Fsp3) is 0. The molecule has 2 aromatic rings. The van der Waals surface area contributed by atoms with Crippen LogP contribution in [0.2, 0.25) is 0 Å². The molecule has 0 saturated heterocycles. The van der Waals surface area contributed by atoms with E-state index in [0.29, 0.717) is 0 Å². The molecule has 0 aliphatic rings. The highest BCUT2D eigenvalue weighted by atomic mass is 32.2. The number of rotatable bonds is 5. The van der Waals surface area contributed by atoms with E-state index in [1.54, 1.807) is 0 Å². The van der Waals surface area contributed by atoms with Gasteiger partial charge in [0.25, 0.3) is 15.7 Å². The zero-order valence-corrected chi connectivity index (χ0v) is 11.2. The van der Waals surface area contributed by atoms with Crippen molar-refractivity contribution in [1.29, 1.82) is 0 Å². The van der Waals surface area contributed by atoms with Gasteiger partial charge in [-0.1, -0.05) is 0 Å². The Hall–Kier alpha value is -2.79. The second-order valence-electron chi connectivity index (χ2n) is 3.78. The Balaban J connectivity index is 2.47. The van der Waals surface area contributed by atoms with Crippen LogP contribution in [0.15, 0.2) is 41.7 Å². The van der Waals surface area contributed by atoms with E-state index in [1.165, 1.54) is 24.7 Å². The fourth-order valence-corrected chi connectivity index (χ4v) is 2.67. The number of nitrogen functional groups attached to an aromatic ring is 1. The van der Waals surface area contributed by atoms with Crippen LogP contribution in [0.1, 0.15) is 0 Å². The number of nitrogens with zero attached hydrogens (tertiary/aromatic N) is 3. The van der Waals surface area contributed by atoms with Gasteiger partial charge in [-0.25, -0.2) is 13.4 Å². The number of hydrogen-bond acceptors (Lipinski definition) is 8. The summed E-state index contributed by atoms with van der Waals surface area (Å²) in [4.78, 5) is 17.1. The molecular formula is C10H10N6O4S. The van der Waals surface area contributed by atoms with Gasteiger partial charge >= 0.3 is 0 Å². The van der Waals surface area contributed by atoms with Crippen molar-refractivity contribution < 1.29 is 13.3 Å². The summed E-state index contributed by atoms with van der Waals surface area (Å²) >= 11 is 0. The topological polar surface area (TPSA) is 153 Å². The lowest BCUT2D eigenvalue weighted by molar-refractivity contribution is -0.387. The van der Waals surface area contributed by atoms with E-state index < -0.39 is 25.5 Å². The fourth-order valence-electron chi connectivity index (χ4n) is 1.52. The summed E-state index contributed by atoms with van der Waals surface area (Å²) < 4.78 is 26.5. The summed E-state index contributed by atoms with van der Waals surface area (Å²) in [5.74, 6) is 5.10. The van der Waals surface area contributed by atoms with Gasteiger partial charge in [0, 0.05) is 18.5 Å². The summed E-state index contributed by atoms with van der Waals surface area (Å²) in [6.07, 6.45) is 3.83. The van der Waals surface area contributed by atoms with Gasteiger partial charge in [0.2, 0.25) is 0 Å². The van der Waals surface area contributed by atoms with Crippen LogP contribution in [0.5, 0.6) is 0 Å². The normalized spacial score (nSPS) is 10.9. The van der Waals surface area contributed by atoms with Gasteiger partial charge in [-0.15, -0.1) is 0 Å². The summed E-state index contributed by atoms with van der Waals surface area (Å²) in [6, 6.07) is 3.40. The molecule has 0 amide bonds. The molecule has 0 radical (unpaired) electrons. The molecule has 0 bridgehead atoms. The first-order chi connectivity index (χ1) is 9.94. The number of hydrazine groups is 1. The van der Waals surface area contributed by atoms with Crippen molar-refractivity contribution in [3.8, 4) is 0 Å². The quantitative estimate of drug-likeness (QED) is 0.409. The van der Waals surface area contributed by atoms with Crippen LogP contribution >= 0.6 is 0 Å². The lowest BCUT2D eigenvalue weighted by Crippen LogP contribution is -2.16. The molecule has 0 atom stereocenters. The molecule has 1 aromatic heterocycles. The minimum absolute atomic E-state index is 0.0483. The third-order valence-corrected chi connectivity index (χ3v) is 3.82. The Kier molecular flexibility index (Phi) is 3.95. The van der Waals surface area contributed by atoms with E-state index >= 15 is 0 Å². The van der Waals surface area contributed by atoms with Crippen LogP contribution in [0.3, 0.4) is 0 Å². The minimum Gasteiger partial charge on any atom is -0.324 e. The number of benzene rings is 1. The SMILES string of the molecule is NNc1ccc(S(=O)(=O)Nc2cnccn2)c([N+](=O)[O-])c1. The lowest BCUT2D eigenvalue weighted by atomic mass is 10.3. The summed E-state index contributed by atoms with van der Waals surface area (Å²) in [6.45, 7) is 0. The highest BCUT2D eigenvalue weighted by Crippen LogP contribution is 2.28. The molecule has 0 spiro atoms. The van der Waals surface area contributed by atoms with Gasteiger partial charge in [0.1, 0.15) is 0 Å². The summed E-state index contributed by atoms with van der Waals surface area (Å²) in [7, 11) is -4.18. The van der Waals surface area contributed by atoms with Crippen molar-refractivity contribution in [1.82, 2.24) is 9.97 Å². The first-order valence-electron chi connectivity index (χ1n) is 5.48. The van der Waals surface area contributed by atoms with E-state index in [2.05, 4.69) is 20.1 Å². The van der Waals surface area contributed by atoms with Crippen LogP contribution in [-0.4, -0.2) is 23.3 Å². The van der Waals surface area contributed by atoms with Crippen LogP contribution in [0, 0.1) is 10.1 Å². The van der Waals surface area contributed by atoms with E-state index in [4.69, 9.17) is 5.84 Å². The zero-order chi connectivity index (χ0) is 15.5. The van der Waals surface area contributed by atoms with E-state index in [1.807, 2.05) is 0 Å². The highest BCUT2D eigenvalue weighted by molar-refractivity contribution is 7.92. The van der Waals surface area contributed by atoms with E-state index in [-0.39, 0.29) is 11.5 Å². The van der Waals surface area contributed by atoms with Crippen molar-refractivity contribution in [2.45, 2.75) is 4.90 Å². The van der Waals surface area contributed by atoms with Crippen molar-refractivity contribution >= 4 is 27.2 Å². The number of aromatic nitrogens is 2. The van der Waals surface area contributed by atoms with Crippen molar-refractivity contribution in [3.63, 3.8) is 0 Å². The minimum atomic E-state index is -4.18. The predicted octanol–water partition coefficient (Wildman–Crippen LogP) is 0.471. The van der Waals surface area contributed by atoms with Crippen molar-refractivity contribution in [2.75, 3.05) is 10.1 Å². The third-order valence-electron chi connectivity index (χ3n) is 2.41. The Bertz CT molecular complexity index is 764. The summed E-state index contributed by atoms with van der Waals surface area (Å²) in [5, 5.41) is 11.0. The van der Waals surface area contributed by atoms with Crippen LogP contribution in [0.25, 0.3) is 0 Å². The molecule has 0 fully saturated rings. The Morgan fingerprint density at radius 3 is 2.62 bits per heavy atom. The molecule has 11 heteroatoms. The lowest BCUT2D eigenvalue weighted by Gasteiger charge is -2.08. The van der Waals surface area contributed by atoms with Gasteiger partial charge in [-0.05, 0) is 12.1 Å². The van der Waals surface area contributed by atoms with Gasteiger partial charge in [-0.2, -0.15) is 0 Å². The number of nitrogens with two attached hydrogens (primary N) is 1. The average molecular weight is 310 g/mol. The molecule has 110 valence electrons. The molecule has 0 aliphatic carbocycles. The maximum atomic E-state index is 12.2. The second-order valence-corrected chi connectivity index (χ2v) is 5.43. The van der Waals surface area contributed by atoms with Crippen molar-refractivity contribution in [2.24, 2.45) is 5.84 Å². The van der Waals surface area contributed by atoms with E-state index in [0.717, 1.165) is 12.1 Å². The molecular weight excluding hydrogens is 300 g/mol. The van der Waals surface area contributed by atoms with Gasteiger partial charge < -0.3 is 5.43 Å². The Labute approximate surface area is 119 Å². The molecule has 1 aromatic carbocycles. The highest BCUT2D eigenvalue weighted by Gasteiger charge is 2.26. The molecule has 4 N–H and O–H groups in total. The number of nitrogens with one attached hydrogen (secondary N) is 2. The van der Waals surface area contributed by atoms with Gasteiger partial charge in [0.15, 0.2) is 10.7 Å². The van der Waals surface area contributed by atoms with E-state index in [9.17, 15) is 18.5 Å². The van der Waals surface area contributed by atoms with Crippen LogP contribution in [0.4, 0.5) is 17.2 Å². The van der Waals surface area contributed by atoms with Crippen LogP contribution < -0.4 is 16.0 Å². The second kappa shape index (κ2) is 5.68. The number of anilines is 2. The molecule has 1 heterocycles. The Morgan fingerprint density at radius 1 is 1.29 bits per heavy atom.